The summed E-state index contributed by atoms with van der Waals surface area (Å²) >= 11 is 0. The highest BCUT2D eigenvalue weighted by Crippen LogP contribution is 2.26. The van der Waals surface area contributed by atoms with Crippen LogP contribution >= 0.6 is 0 Å². The van der Waals surface area contributed by atoms with Crippen molar-refractivity contribution in [2.24, 2.45) is 0 Å². The first-order chi connectivity index (χ1) is 10.8. The Morgan fingerprint density at radius 1 is 0.682 bits per heavy atom. The summed E-state index contributed by atoms with van der Waals surface area (Å²) < 4.78 is 5.82. The fourth-order valence-corrected chi connectivity index (χ4v) is 2.48. The Morgan fingerprint density at radius 2 is 1.32 bits per heavy atom. The Hall–Kier alpha value is -2.94. The minimum absolute atomic E-state index is 0.543. The fourth-order valence-electron chi connectivity index (χ4n) is 2.48. The predicted octanol–water partition coefficient (Wildman–Crippen LogP) is 4.87. The normalized spacial score (nSPS) is 11.0. The van der Waals surface area contributed by atoms with Crippen LogP contribution in [0.1, 0.15) is 5.56 Å². The van der Waals surface area contributed by atoms with Crippen LogP contribution in [-0.2, 0) is 0 Å². The van der Waals surface area contributed by atoms with Gasteiger partial charge in [0.1, 0.15) is 0 Å². The number of aryl methyl sites for hydroxylation is 1. The first-order valence-corrected chi connectivity index (χ1v) is 7.19. The summed E-state index contributed by atoms with van der Waals surface area (Å²) in [6.45, 7) is 2.05. The molecule has 1 heterocycles. The van der Waals surface area contributed by atoms with Crippen LogP contribution in [0.3, 0.4) is 0 Å². The molecule has 3 aromatic carbocycles. The Kier molecular flexibility index (Phi) is 2.97. The summed E-state index contributed by atoms with van der Waals surface area (Å²) in [5.74, 6) is 1.09. The smallest absolute Gasteiger partial charge is 0.248 e. The molecule has 0 fully saturated rings. The van der Waals surface area contributed by atoms with Crippen LogP contribution < -0.4 is 0 Å². The lowest BCUT2D eigenvalue weighted by molar-refractivity contribution is 0.584. The van der Waals surface area contributed by atoms with Gasteiger partial charge in [-0.25, -0.2) is 0 Å². The van der Waals surface area contributed by atoms with E-state index >= 15 is 0 Å². The van der Waals surface area contributed by atoms with Crippen molar-refractivity contribution in [1.82, 2.24) is 10.2 Å². The maximum atomic E-state index is 5.82. The van der Waals surface area contributed by atoms with Crippen molar-refractivity contribution < 1.29 is 4.42 Å². The van der Waals surface area contributed by atoms with Crippen molar-refractivity contribution in [3.8, 4) is 22.9 Å². The molecular weight excluding hydrogens is 272 g/mol. The van der Waals surface area contributed by atoms with Gasteiger partial charge in [-0.15, -0.1) is 10.2 Å². The van der Waals surface area contributed by atoms with E-state index in [9.17, 15) is 0 Å². The van der Waals surface area contributed by atoms with E-state index in [1.54, 1.807) is 0 Å². The third-order valence-electron chi connectivity index (χ3n) is 3.72. The van der Waals surface area contributed by atoms with Gasteiger partial charge in [0.25, 0.3) is 0 Å². The lowest BCUT2D eigenvalue weighted by Gasteiger charge is -1.99. The van der Waals surface area contributed by atoms with E-state index in [0.29, 0.717) is 11.8 Å². The molecule has 0 radical (unpaired) electrons. The fraction of sp³-hybridized carbons (Fsp3) is 0.0526. The molecule has 22 heavy (non-hydrogen) atoms. The molecule has 0 aliphatic heterocycles. The second-order valence-electron chi connectivity index (χ2n) is 5.34. The van der Waals surface area contributed by atoms with Gasteiger partial charge >= 0.3 is 0 Å². The van der Waals surface area contributed by atoms with Crippen LogP contribution in [0.4, 0.5) is 0 Å². The molecule has 3 nitrogen and oxygen atoms in total. The molecule has 0 bridgehead atoms. The Balaban J connectivity index is 1.74. The zero-order chi connectivity index (χ0) is 14.9. The monoisotopic (exact) mass is 286 g/mol. The molecule has 106 valence electrons. The molecule has 0 saturated heterocycles. The molecule has 1 aromatic heterocycles. The summed E-state index contributed by atoms with van der Waals surface area (Å²) in [7, 11) is 0. The summed E-state index contributed by atoms with van der Waals surface area (Å²) in [5, 5.41) is 10.7. The number of aromatic nitrogens is 2. The van der Waals surface area contributed by atoms with Gasteiger partial charge in [-0.3, -0.25) is 0 Å². The van der Waals surface area contributed by atoms with Gasteiger partial charge < -0.3 is 4.42 Å². The van der Waals surface area contributed by atoms with Gasteiger partial charge in [0.05, 0.1) is 0 Å². The Labute approximate surface area is 128 Å². The molecule has 0 atom stereocenters. The van der Waals surface area contributed by atoms with E-state index in [4.69, 9.17) is 4.42 Å². The number of hydrogen-bond acceptors (Lipinski definition) is 3. The van der Waals surface area contributed by atoms with Crippen LogP contribution in [0, 0.1) is 6.92 Å². The first kappa shape index (κ1) is 12.8. The van der Waals surface area contributed by atoms with Crippen molar-refractivity contribution in [2.75, 3.05) is 0 Å². The summed E-state index contributed by atoms with van der Waals surface area (Å²) in [6, 6.07) is 22.4. The molecule has 0 spiro atoms. The van der Waals surface area contributed by atoms with Gasteiger partial charge in [-0.2, -0.15) is 0 Å². The highest BCUT2D eigenvalue weighted by molar-refractivity contribution is 5.86. The van der Waals surface area contributed by atoms with Crippen molar-refractivity contribution in [3.05, 3.63) is 72.3 Å². The lowest BCUT2D eigenvalue weighted by Crippen LogP contribution is -1.79. The molecule has 0 amide bonds. The van der Waals surface area contributed by atoms with E-state index in [1.165, 1.54) is 10.9 Å². The van der Waals surface area contributed by atoms with Crippen LogP contribution in [-0.4, -0.2) is 10.2 Å². The highest BCUT2D eigenvalue weighted by Gasteiger charge is 2.10. The Morgan fingerprint density at radius 3 is 2.09 bits per heavy atom. The average molecular weight is 286 g/mol. The van der Waals surface area contributed by atoms with E-state index in [-0.39, 0.29) is 0 Å². The molecule has 0 saturated carbocycles. The van der Waals surface area contributed by atoms with Crippen LogP contribution in [0.5, 0.6) is 0 Å². The number of hydrogen-bond donors (Lipinski definition) is 0. The van der Waals surface area contributed by atoms with Crippen molar-refractivity contribution in [2.45, 2.75) is 6.92 Å². The molecule has 0 aliphatic carbocycles. The van der Waals surface area contributed by atoms with Gasteiger partial charge in [-0.05, 0) is 42.0 Å². The van der Waals surface area contributed by atoms with E-state index < -0.39 is 0 Å². The maximum Gasteiger partial charge on any atom is 0.248 e. The third-order valence-corrected chi connectivity index (χ3v) is 3.72. The van der Waals surface area contributed by atoms with Crippen LogP contribution in [0.15, 0.2) is 71.1 Å². The van der Waals surface area contributed by atoms with E-state index in [1.807, 2.05) is 42.5 Å². The zero-order valence-corrected chi connectivity index (χ0v) is 12.2. The summed E-state index contributed by atoms with van der Waals surface area (Å²) in [4.78, 5) is 0. The van der Waals surface area contributed by atoms with Gasteiger partial charge in [0, 0.05) is 11.1 Å². The minimum Gasteiger partial charge on any atom is -0.416 e. The van der Waals surface area contributed by atoms with Gasteiger partial charge in [-0.1, -0.05) is 48.0 Å². The highest BCUT2D eigenvalue weighted by atomic mass is 16.4. The third kappa shape index (κ3) is 2.27. The standard InChI is InChI=1S/C19H14N2O/c1-13-6-8-15(9-7-13)18-20-21-19(22-18)17-11-10-14-4-2-3-5-16(14)12-17/h2-12H,1H3. The van der Waals surface area contributed by atoms with Crippen LogP contribution in [0.25, 0.3) is 33.7 Å². The van der Waals surface area contributed by atoms with E-state index in [2.05, 4.69) is 41.4 Å². The second kappa shape index (κ2) is 5.11. The van der Waals surface area contributed by atoms with E-state index in [0.717, 1.165) is 16.5 Å². The number of rotatable bonds is 2. The largest absolute Gasteiger partial charge is 0.416 e. The predicted molar refractivity (Wildman–Crippen MR) is 87.4 cm³/mol. The van der Waals surface area contributed by atoms with Crippen molar-refractivity contribution in [1.29, 1.82) is 0 Å². The van der Waals surface area contributed by atoms with Gasteiger partial charge in [0.15, 0.2) is 0 Å². The molecule has 0 N–H and O–H groups in total. The quantitative estimate of drug-likeness (QED) is 0.528. The molecule has 3 heteroatoms. The number of nitrogens with zero attached hydrogens (tertiary/aromatic N) is 2. The molecule has 0 unspecified atom stereocenters. The van der Waals surface area contributed by atoms with Crippen molar-refractivity contribution >= 4 is 10.8 Å². The minimum atomic E-state index is 0.543. The number of fused-ring (bicyclic) bond motifs is 1. The van der Waals surface area contributed by atoms with Gasteiger partial charge in [0.2, 0.25) is 11.8 Å². The lowest BCUT2D eigenvalue weighted by atomic mass is 10.1. The topological polar surface area (TPSA) is 38.9 Å². The summed E-state index contributed by atoms with van der Waals surface area (Å²) in [5.41, 5.74) is 3.08. The zero-order valence-electron chi connectivity index (χ0n) is 12.2. The second-order valence-corrected chi connectivity index (χ2v) is 5.34. The average Bonchev–Trinajstić information content (AvgIpc) is 3.05. The Bertz CT molecular complexity index is 939. The molecular formula is C19H14N2O. The van der Waals surface area contributed by atoms with Crippen molar-refractivity contribution in [3.63, 3.8) is 0 Å². The molecule has 0 aliphatic rings. The number of benzene rings is 3. The molecule has 4 rings (SSSR count). The maximum absolute atomic E-state index is 5.82. The molecule has 4 aromatic rings. The van der Waals surface area contributed by atoms with Crippen LogP contribution in [0.2, 0.25) is 0 Å². The summed E-state index contributed by atoms with van der Waals surface area (Å²) in [6.07, 6.45) is 0. The SMILES string of the molecule is Cc1ccc(-c2nnc(-c3ccc4ccccc4c3)o2)cc1. The first-order valence-electron chi connectivity index (χ1n) is 7.19.